The number of hydrogen-bond donors (Lipinski definition) is 0. The normalized spacial score (nSPS) is 37.3. The summed E-state index contributed by atoms with van der Waals surface area (Å²) in [5.41, 5.74) is 2.33. The van der Waals surface area contributed by atoms with Crippen LogP contribution in [0.5, 0.6) is 0 Å². The van der Waals surface area contributed by atoms with E-state index in [0.717, 1.165) is 54.8 Å². The number of hydrogen-bond acceptors (Lipinski definition) is 5. The summed E-state index contributed by atoms with van der Waals surface area (Å²) >= 11 is 0. The van der Waals surface area contributed by atoms with E-state index in [1.807, 2.05) is 13.8 Å². The van der Waals surface area contributed by atoms with Crippen molar-refractivity contribution in [3.63, 3.8) is 0 Å². The first kappa shape index (κ1) is 30.9. The summed E-state index contributed by atoms with van der Waals surface area (Å²) in [4.78, 5) is 12.3. The van der Waals surface area contributed by atoms with Crippen LogP contribution in [0.2, 0.25) is 0 Å². The number of carbonyl (C=O) groups excluding carboxylic acids is 1. The van der Waals surface area contributed by atoms with Gasteiger partial charge in [-0.1, -0.05) is 65.5 Å². The van der Waals surface area contributed by atoms with Gasteiger partial charge >= 0.3 is 6.16 Å². The molecule has 0 N–H and O–H groups in total. The number of rotatable bonds is 12. The summed E-state index contributed by atoms with van der Waals surface area (Å²) < 4.78 is 21.9. The van der Waals surface area contributed by atoms with E-state index in [-0.39, 0.29) is 24.4 Å². The molecule has 0 amide bonds. The van der Waals surface area contributed by atoms with Crippen LogP contribution in [0.4, 0.5) is 4.79 Å². The fourth-order valence-corrected chi connectivity index (χ4v) is 9.54. The van der Waals surface area contributed by atoms with E-state index in [2.05, 4.69) is 40.7 Å². The fourth-order valence-electron chi connectivity index (χ4n) is 9.54. The van der Waals surface area contributed by atoms with E-state index in [0.29, 0.717) is 18.6 Å². The molecule has 0 radical (unpaired) electrons. The van der Waals surface area contributed by atoms with Gasteiger partial charge in [-0.15, -0.1) is 0 Å². The van der Waals surface area contributed by atoms with E-state index < -0.39 is 6.16 Å². The molecule has 0 aromatic carbocycles. The lowest BCUT2D eigenvalue weighted by atomic mass is 9.47. The molecule has 5 heteroatoms. The molecule has 5 nitrogen and oxygen atoms in total. The maximum Gasteiger partial charge on any atom is 0.508 e. The minimum atomic E-state index is -0.571. The highest BCUT2D eigenvalue weighted by Crippen LogP contribution is 2.67. The van der Waals surface area contributed by atoms with Gasteiger partial charge in [0.2, 0.25) is 0 Å². The van der Waals surface area contributed by atoms with E-state index in [1.54, 1.807) is 5.57 Å². The Labute approximate surface area is 239 Å². The molecule has 0 aliphatic heterocycles. The summed E-state index contributed by atoms with van der Waals surface area (Å²) in [5, 5.41) is 0. The number of allylic oxidation sites excluding steroid dienone is 1. The Bertz CT molecular complexity index is 837. The molecule has 224 valence electrons. The van der Waals surface area contributed by atoms with Gasteiger partial charge in [0.05, 0.1) is 6.61 Å². The Hall–Kier alpha value is -1.07. The Kier molecular flexibility index (Phi) is 10.5. The highest BCUT2D eigenvalue weighted by atomic mass is 16.7. The van der Waals surface area contributed by atoms with Crippen molar-refractivity contribution in [2.75, 3.05) is 19.8 Å². The van der Waals surface area contributed by atoms with Gasteiger partial charge in [-0.25, -0.2) is 4.79 Å². The smallest absolute Gasteiger partial charge is 0.432 e. The highest BCUT2D eigenvalue weighted by Gasteiger charge is 2.59. The summed E-state index contributed by atoms with van der Waals surface area (Å²) in [6.07, 6.45) is 15.6. The van der Waals surface area contributed by atoms with Crippen molar-refractivity contribution in [3.05, 3.63) is 11.6 Å². The van der Waals surface area contributed by atoms with Crippen molar-refractivity contribution in [2.24, 2.45) is 46.3 Å². The molecular weight excluding hydrogens is 488 g/mol. The lowest BCUT2D eigenvalue weighted by Crippen LogP contribution is -2.51. The van der Waals surface area contributed by atoms with Crippen LogP contribution in [-0.2, 0) is 18.9 Å². The summed E-state index contributed by atoms with van der Waals surface area (Å²) in [6.45, 7) is 17.3. The van der Waals surface area contributed by atoms with E-state index in [9.17, 15) is 4.79 Å². The Morgan fingerprint density at radius 3 is 2.51 bits per heavy atom. The van der Waals surface area contributed by atoms with Gasteiger partial charge in [0.1, 0.15) is 12.7 Å². The first-order chi connectivity index (χ1) is 18.6. The molecule has 0 saturated heterocycles. The molecule has 0 aromatic heterocycles. The molecule has 4 rings (SSSR count). The molecule has 39 heavy (non-hydrogen) atoms. The van der Waals surface area contributed by atoms with Crippen molar-refractivity contribution in [2.45, 2.75) is 131 Å². The van der Waals surface area contributed by atoms with E-state index >= 15 is 0 Å². The molecule has 0 spiro atoms. The van der Waals surface area contributed by atoms with Crippen LogP contribution in [0.1, 0.15) is 119 Å². The van der Waals surface area contributed by atoms with E-state index in [1.165, 1.54) is 51.4 Å². The predicted octanol–water partition coefficient (Wildman–Crippen LogP) is 8.95. The van der Waals surface area contributed by atoms with Gasteiger partial charge in [-0.2, -0.15) is 0 Å². The highest BCUT2D eigenvalue weighted by molar-refractivity contribution is 5.60. The monoisotopic (exact) mass is 546 g/mol. The molecule has 3 saturated carbocycles. The molecule has 3 fully saturated rings. The van der Waals surface area contributed by atoms with Crippen LogP contribution in [0.15, 0.2) is 11.6 Å². The van der Waals surface area contributed by atoms with Crippen LogP contribution in [0.25, 0.3) is 0 Å². The predicted molar refractivity (Wildman–Crippen MR) is 156 cm³/mol. The molecule has 0 bridgehead atoms. The maximum atomic E-state index is 12.3. The molecule has 9 atom stereocenters. The lowest BCUT2D eigenvalue weighted by molar-refractivity contribution is -0.135. The fraction of sp³-hybridized carbons (Fsp3) is 0.912. The second-order valence-electron chi connectivity index (χ2n) is 14.3. The molecule has 0 heterocycles. The molecule has 4 aliphatic carbocycles. The minimum Gasteiger partial charge on any atom is -0.432 e. The zero-order chi connectivity index (χ0) is 28.2. The molecular formula is C34H58O5. The number of carbonyl (C=O) groups is 1. The summed E-state index contributed by atoms with van der Waals surface area (Å²) in [6, 6.07) is 0. The zero-order valence-corrected chi connectivity index (χ0v) is 26.1. The Morgan fingerprint density at radius 2 is 1.77 bits per heavy atom. The van der Waals surface area contributed by atoms with Gasteiger partial charge in [0.15, 0.2) is 6.29 Å². The topological polar surface area (TPSA) is 54.0 Å². The molecule has 1 unspecified atom stereocenters. The lowest BCUT2D eigenvalue weighted by Gasteiger charge is -2.58. The van der Waals surface area contributed by atoms with Crippen molar-refractivity contribution in [1.82, 2.24) is 0 Å². The third-order valence-electron chi connectivity index (χ3n) is 11.6. The Morgan fingerprint density at radius 1 is 0.974 bits per heavy atom. The van der Waals surface area contributed by atoms with Crippen LogP contribution in [0.3, 0.4) is 0 Å². The van der Waals surface area contributed by atoms with Gasteiger partial charge < -0.3 is 18.9 Å². The maximum absolute atomic E-state index is 12.3. The van der Waals surface area contributed by atoms with Gasteiger partial charge in [-0.3, -0.25) is 0 Å². The second-order valence-corrected chi connectivity index (χ2v) is 14.3. The van der Waals surface area contributed by atoms with Crippen molar-refractivity contribution in [1.29, 1.82) is 0 Å². The second kappa shape index (κ2) is 13.3. The quantitative estimate of drug-likeness (QED) is 0.106. The summed E-state index contributed by atoms with van der Waals surface area (Å²) in [7, 11) is 0. The van der Waals surface area contributed by atoms with Crippen molar-refractivity contribution >= 4 is 6.16 Å². The SMILES string of the molecule is CCOC(C)OCCOC(=O)O[C@H]1CC[C@@]2(C)C(=CC[C@H]3[C@@H]4CC[C@H]([C@H](C)CCCC(C)C)[C@@]4(C)CC[C@@H]32)C1. The molecule has 4 aliphatic rings. The van der Waals surface area contributed by atoms with Crippen LogP contribution < -0.4 is 0 Å². The first-order valence-corrected chi connectivity index (χ1v) is 16.3. The first-order valence-electron chi connectivity index (χ1n) is 16.3. The zero-order valence-electron chi connectivity index (χ0n) is 26.1. The third-order valence-corrected chi connectivity index (χ3v) is 11.6. The largest absolute Gasteiger partial charge is 0.508 e. The van der Waals surface area contributed by atoms with Crippen LogP contribution >= 0.6 is 0 Å². The average Bonchev–Trinajstić information content (AvgIpc) is 3.24. The minimum absolute atomic E-state index is 0.0759. The average molecular weight is 547 g/mol. The third kappa shape index (κ3) is 6.88. The molecule has 0 aromatic rings. The van der Waals surface area contributed by atoms with Gasteiger partial charge in [0.25, 0.3) is 0 Å². The number of ether oxygens (including phenoxy) is 4. The summed E-state index contributed by atoms with van der Waals surface area (Å²) in [5.74, 6) is 5.06. The number of fused-ring (bicyclic) bond motifs is 5. The van der Waals surface area contributed by atoms with Crippen molar-refractivity contribution in [3.8, 4) is 0 Å². The van der Waals surface area contributed by atoms with E-state index in [4.69, 9.17) is 18.9 Å². The van der Waals surface area contributed by atoms with Gasteiger partial charge in [-0.05, 0) is 105 Å². The van der Waals surface area contributed by atoms with Gasteiger partial charge in [0, 0.05) is 13.0 Å². The van der Waals surface area contributed by atoms with Crippen LogP contribution in [0, 0.1) is 46.3 Å². The van der Waals surface area contributed by atoms with Crippen molar-refractivity contribution < 1.29 is 23.7 Å². The standard InChI is InChI=1S/C34H58O5/c1-8-36-25(5)37-20-21-38-32(35)39-27-16-18-33(6)26(22-27)12-13-28-30-15-14-29(24(4)11-9-10-23(2)3)34(30,7)19-17-31(28)33/h12,23-25,27-31H,8-11,13-22H2,1-7H3/t24-,25?,27+,28+,29-,30+,31+,33+,34-/m1/s1. The Balaban J connectivity index is 1.31. The van der Waals surface area contributed by atoms with Crippen LogP contribution in [-0.4, -0.2) is 38.4 Å².